The lowest BCUT2D eigenvalue weighted by Gasteiger charge is -2.29. The van der Waals surface area contributed by atoms with Gasteiger partial charge in [0.15, 0.2) is 0 Å². The summed E-state index contributed by atoms with van der Waals surface area (Å²) in [5.41, 5.74) is 5.10. The maximum atomic E-state index is 6.23. The van der Waals surface area contributed by atoms with Gasteiger partial charge in [0.1, 0.15) is 0 Å². The number of hydrogen-bond donors (Lipinski definition) is 0. The van der Waals surface area contributed by atoms with Crippen molar-refractivity contribution in [2.24, 2.45) is 0 Å². The second-order valence-electron chi connectivity index (χ2n) is 5.86. The number of rotatable bonds is 3. The van der Waals surface area contributed by atoms with Crippen molar-refractivity contribution < 1.29 is 9.31 Å². The van der Waals surface area contributed by atoms with Crippen LogP contribution < -0.4 is 0 Å². The smallest absolute Gasteiger partial charge is 0.401 e. The van der Waals surface area contributed by atoms with Crippen LogP contribution >= 0.6 is 0 Å². The normalized spacial score (nSPS) is 22.6. The maximum absolute atomic E-state index is 6.23. The summed E-state index contributed by atoms with van der Waals surface area (Å²) in [5, 5.41) is 0. The Morgan fingerprint density at radius 1 is 0.857 bits per heavy atom. The molecule has 2 atom stereocenters. The van der Waals surface area contributed by atoms with Crippen molar-refractivity contribution in [1.29, 1.82) is 0 Å². The van der Waals surface area contributed by atoms with Crippen LogP contribution in [0.4, 0.5) is 0 Å². The fraction of sp³-hybridized carbons (Fsp3) is 0.333. The molecular formula is C18H19BO2. The molecule has 0 N–H and O–H groups in total. The predicted molar refractivity (Wildman–Crippen MR) is 85.0 cm³/mol. The van der Waals surface area contributed by atoms with Crippen LogP contribution in [0.25, 0.3) is 11.1 Å². The summed E-state index contributed by atoms with van der Waals surface area (Å²) in [6, 6.07) is 17.1. The molecule has 0 amide bonds. The number of benzene rings is 2. The number of hydrogen-bond acceptors (Lipinski definition) is 2. The fourth-order valence-corrected chi connectivity index (χ4v) is 3.46. The third-order valence-electron chi connectivity index (χ3n) is 4.49. The van der Waals surface area contributed by atoms with Gasteiger partial charge in [-0.2, -0.15) is 0 Å². The Labute approximate surface area is 126 Å². The van der Waals surface area contributed by atoms with Crippen LogP contribution in [-0.2, 0) is 9.31 Å². The lowest BCUT2D eigenvalue weighted by Crippen LogP contribution is -2.14. The molecule has 2 aromatic rings. The van der Waals surface area contributed by atoms with Crippen LogP contribution in [0.5, 0.6) is 0 Å². The van der Waals surface area contributed by atoms with Gasteiger partial charge in [-0.05, 0) is 28.6 Å². The number of unbranched alkanes of at least 4 members (excludes halogenated alkanes) is 1. The van der Waals surface area contributed by atoms with Crippen LogP contribution in [0.2, 0.25) is 6.32 Å². The first-order chi connectivity index (χ1) is 10.4. The highest BCUT2D eigenvalue weighted by Gasteiger charge is 2.44. The molecule has 106 valence electrons. The van der Waals surface area contributed by atoms with E-state index in [0.29, 0.717) is 0 Å². The Morgan fingerprint density at radius 3 is 1.90 bits per heavy atom. The summed E-state index contributed by atoms with van der Waals surface area (Å²) in [7, 11) is -0.0702. The minimum Gasteiger partial charge on any atom is -0.401 e. The minimum absolute atomic E-state index is 0.0398. The highest BCUT2D eigenvalue weighted by atomic mass is 16.7. The van der Waals surface area contributed by atoms with E-state index in [1.54, 1.807) is 0 Å². The van der Waals surface area contributed by atoms with Gasteiger partial charge in [-0.15, -0.1) is 0 Å². The highest BCUT2D eigenvalue weighted by molar-refractivity contribution is 6.45. The molecule has 1 aliphatic heterocycles. The molecule has 0 unspecified atom stereocenters. The Morgan fingerprint density at radius 2 is 1.38 bits per heavy atom. The first kappa shape index (κ1) is 13.1. The Hall–Kier alpha value is -1.58. The Balaban J connectivity index is 1.77. The third-order valence-corrected chi connectivity index (χ3v) is 4.49. The molecule has 2 aromatic carbocycles. The molecule has 4 rings (SSSR count). The zero-order valence-electron chi connectivity index (χ0n) is 12.3. The molecule has 1 saturated heterocycles. The largest absolute Gasteiger partial charge is 0.457 e. The second kappa shape index (κ2) is 5.32. The van der Waals surface area contributed by atoms with Gasteiger partial charge in [0.2, 0.25) is 0 Å². The van der Waals surface area contributed by atoms with E-state index in [4.69, 9.17) is 9.31 Å². The first-order valence-electron chi connectivity index (χ1n) is 7.87. The SMILES string of the molecule is CCCCB1O[C@@H]2c3ccccc3-c3ccccc3[C@@H]2O1. The van der Waals surface area contributed by atoms with Crippen molar-refractivity contribution in [3.8, 4) is 11.1 Å². The minimum atomic E-state index is -0.0702. The van der Waals surface area contributed by atoms with Crippen molar-refractivity contribution in [3.63, 3.8) is 0 Å². The molecular weight excluding hydrogens is 259 g/mol. The molecule has 2 aliphatic rings. The van der Waals surface area contributed by atoms with Crippen LogP contribution in [0, 0.1) is 0 Å². The van der Waals surface area contributed by atoms with Gasteiger partial charge in [0, 0.05) is 0 Å². The van der Waals surface area contributed by atoms with Gasteiger partial charge in [0.05, 0.1) is 12.2 Å². The molecule has 1 heterocycles. The molecule has 0 aromatic heterocycles. The summed E-state index contributed by atoms with van der Waals surface area (Å²) in [6.07, 6.45) is 3.38. The van der Waals surface area contributed by atoms with Gasteiger partial charge in [-0.3, -0.25) is 0 Å². The average Bonchev–Trinajstić information content (AvgIpc) is 2.98. The first-order valence-corrected chi connectivity index (χ1v) is 7.87. The molecule has 21 heavy (non-hydrogen) atoms. The summed E-state index contributed by atoms with van der Waals surface area (Å²) in [4.78, 5) is 0. The molecule has 0 saturated carbocycles. The Kier molecular flexibility index (Phi) is 3.32. The van der Waals surface area contributed by atoms with E-state index in [0.717, 1.165) is 12.7 Å². The van der Waals surface area contributed by atoms with Crippen molar-refractivity contribution >= 4 is 7.12 Å². The second-order valence-corrected chi connectivity index (χ2v) is 5.86. The lowest BCUT2D eigenvalue weighted by atomic mass is 9.82. The van der Waals surface area contributed by atoms with E-state index in [1.165, 1.54) is 28.7 Å². The summed E-state index contributed by atoms with van der Waals surface area (Å²) in [6.45, 7) is 2.20. The molecule has 2 nitrogen and oxygen atoms in total. The highest BCUT2D eigenvalue weighted by Crippen LogP contribution is 2.51. The molecule has 0 radical (unpaired) electrons. The maximum Gasteiger partial charge on any atom is 0.457 e. The van der Waals surface area contributed by atoms with Crippen molar-refractivity contribution in [3.05, 3.63) is 59.7 Å². The van der Waals surface area contributed by atoms with Gasteiger partial charge in [0.25, 0.3) is 0 Å². The van der Waals surface area contributed by atoms with Crippen LogP contribution in [0.3, 0.4) is 0 Å². The monoisotopic (exact) mass is 278 g/mol. The average molecular weight is 278 g/mol. The Bertz CT molecular complexity index is 602. The molecule has 1 aliphatic carbocycles. The van der Waals surface area contributed by atoms with Crippen LogP contribution in [0.15, 0.2) is 48.5 Å². The van der Waals surface area contributed by atoms with E-state index in [-0.39, 0.29) is 19.3 Å². The lowest BCUT2D eigenvalue weighted by molar-refractivity contribution is 0.157. The molecule has 3 heteroatoms. The molecule has 0 spiro atoms. The number of fused-ring (bicyclic) bond motifs is 6. The zero-order chi connectivity index (χ0) is 14.2. The topological polar surface area (TPSA) is 18.5 Å². The van der Waals surface area contributed by atoms with Gasteiger partial charge in [-0.25, -0.2) is 0 Å². The van der Waals surface area contributed by atoms with E-state index in [9.17, 15) is 0 Å². The predicted octanol–water partition coefficient (Wildman–Crippen LogP) is 4.78. The van der Waals surface area contributed by atoms with E-state index in [2.05, 4.69) is 55.5 Å². The summed E-state index contributed by atoms with van der Waals surface area (Å²) >= 11 is 0. The van der Waals surface area contributed by atoms with Gasteiger partial charge in [-0.1, -0.05) is 68.3 Å². The molecule has 1 fully saturated rings. The van der Waals surface area contributed by atoms with Gasteiger partial charge >= 0.3 is 7.12 Å². The van der Waals surface area contributed by atoms with E-state index < -0.39 is 0 Å². The fourth-order valence-electron chi connectivity index (χ4n) is 3.46. The molecule has 0 bridgehead atoms. The summed E-state index contributed by atoms with van der Waals surface area (Å²) < 4.78 is 12.5. The van der Waals surface area contributed by atoms with E-state index >= 15 is 0 Å². The quantitative estimate of drug-likeness (QED) is 0.752. The van der Waals surface area contributed by atoms with Gasteiger partial charge < -0.3 is 9.31 Å². The van der Waals surface area contributed by atoms with Crippen LogP contribution in [-0.4, -0.2) is 7.12 Å². The zero-order valence-corrected chi connectivity index (χ0v) is 12.3. The van der Waals surface area contributed by atoms with Crippen molar-refractivity contribution in [1.82, 2.24) is 0 Å². The standard InChI is InChI=1S/C18H19BO2/c1-2-3-12-19-20-17-15-10-6-4-8-13(15)14-9-5-7-11-16(14)18(17)21-19/h4-11,17-18H,2-3,12H2,1H3/t17-,18+. The van der Waals surface area contributed by atoms with Crippen LogP contribution in [0.1, 0.15) is 43.1 Å². The van der Waals surface area contributed by atoms with Crippen molar-refractivity contribution in [2.45, 2.75) is 38.3 Å². The summed E-state index contributed by atoms with van der Waals surface area (Å²) in [5.74, 6) is 0. The third kappa shape index (κ3) is 2.12. The van der Waals surface area contributed by atoms with E-state index in [1.807, 2.05) is 0 Å². The van der Waals surface area contributed by atoms with Crippen molar-refractivity contribution in [2.75, 3.05) is 0 Å².